The van der Waals surface area contributed by atoms with E-state index in [0.29, 0.717) is 18.8 Å². The van der Waals surface area contributed by atoms with E-state index < -0.39 is 0 Å². The molecule has 16 heavy (non-hydrogen) atoms. The van der Waals surface area contributed by atoms with Gasteiger partial charge in [0.25, 0.3) is 0 Å². The summed E-state index contributed by atoms with van der Waals surface area (Å²) in [5.74, 6) is 0.292. The molecule has 0 aliphatic rings. The first kappa shape index (κ1) is 10.8. The molecule has 0 saturated heterocycles. The van der Waals surface area contributed by atoms with Crippen molar-refractivity contribution in [3.05, 3.63) is 47.8 Å². The van der Waals surface area contributed by atoms with Crippen molar-refractivity contribution in [1.29, 1.82) is 0 Å². The van der Waals surface area contributed by atoms with Crippen molar-refractivity contribution >= 4 is 0 Å². The number of hydrogen-bond acceptors (Lipinski definition) is 3. The zero-order chi connectivity index (χ0) is 11.4. The van der Waals surface area contributed by atoms with Crippen LogP contribution in [0.1, 0.15) is 11.4 Å². The van der Waals surface area contributed by atoms with Crippen LogP contribution in [0.5, 0.6) is 0 Å². The van der Waals surface area contributed by atoms with Crippen LogP contribution in [0.3, 0.4) is 0 Å². The second-order valence-electron chi connectivity index (χ2n) is 3.48. The van der Waals surface area contributed by atoms with E-state index in [1.165, 1.54) is 12.1 Å². The van der Waals surface area contributed by atoms with Crippen LogP contribution in [0.25, 0.3) is 0 Å². The Hall–Kier alpha value is -1.75. The zero-order valence-electron chi connectivity index (χ0n) is 8.67. The number of benzene rings is 1. The first-order chi connectivity index (χ1) is 7.79. The lowest BCUT2D eigenvalue weighted by Crippen LogP contribution is -2.05. The molecule has 1 N–H and O–H groups in total. The van der Waals surface area contributed by atoms with Gasteiger partial charge in [0.05, 0.1) is 0 Å². The summed E-state index contributed by atoms with van der Waals surface area (Å²) in [6, 6.07) is 6.47. The van der Waals surface area contributed by atoms with Crippen LogP contribution in [0, 0.1) is 5.82 Å². The van der Waals surface area contributed by atoms with Gasteiger partial charge in [0.2, 0.25) is 0 Å². The van der Waals surface area contributed by atoms with Crippen molar-refractivity contribution in [2.24, 2.45) is 0 Å². The highest BCUT2D eigenvalue weighted by atomic mass is 19.1. The number of nitrogens with zero attached hydrogens (tertiary/aromatic N) is 3. The van der Waals surface area contributed by atoms with Gasteiger partial charge in [-0.15, -0.1) is 10.2 Å². The standard InChI is InChI=1S/C11H12FN3O/c12-10-3-1-2-9(6-10)4-5-15-8-13-14-11(15)7-16/h1-3,6,8,16H,4-5,7H2. The molecule has 84 valence electrons. The van der Waals surface area contributed by atoms with Crippen LogP contribution in [0.4, 0.5) is 4.39 Å². The number of aryl methyl sites for hydroxylation is 2. The molecule has 4 nitrogen and oxygen atoms in total. The molecule has 2 rings (SSSR count). The molecule has 2 aromatic rings. The van der Waals surface area contributed by atoms with Gasteiger partial charge >= 0.3 is 0 Å². The topological polar surface area (TPSA) is 50.9 Å². The third-order valence-corrected chi connectivity index (χ3v) is 2.37. The maximum atomic E-state index is 12.9. The molecule has 0 fully saturated rings. The van der Waals surface area contributed by atoms with Crippen molar-refractivity contribution in [2.75, 3.05) is 0 Å². The summed E-state index contributed by atoms with van der Waals surface area (Å²) >= 11 is 0. The minimum atomic E-state index is -0.233. The predicted octanol–water partition coefficient (Wildman–Crippen LogP) is 1.15. The van der Waals surface area contributed by atoms with E-state index >= 15 is 0 Å². The minimum Gasteiger partial charge on any atom is -0.388 e. The van der Waals surface area contributed by atoms with Crippen LogP contribution in [-0.4, -0.2) is 19.9 Å². The fourth-order valence-electron chi connectivity index (χ4n) is 1.53. The molecule has 0 atom stereocenters. The molecule has 1 heterocycles. The highest BCUT2D eigenvalue weighted by Crippen LogP contribution is 2.06. The number of hydrogen-bond donors (Lipinski definition) is 1. The van der Waals surface area contributed by atoms with Crippen LogP contribution >= 0.6 is 0 Å². The van der Waals surface area contributed by atoms with Crippen molar-refractivity contribution < 1.29 is 9.50 Å². The third kappa shape index (κ3) is 2.43. The van der Waals surface area contributed by atoms with Crippen LogP contribution < -0.4 is 0 Å². The van der Waals surface area contributed by atoms with Crippen molar-refractivity contribution in [3.63, 3.8) is 0 Å². The maximum Gasteiger partial charge on any atom is 0.158 e. The van der Waals surface area contributed by atoms with Gasteiger partial charge in [0.15, 0.2) is 5.82 Å². The van der Waals surface area contributed by atoms with E-state index in [9.17, 15) is 4.39 Å². The van der Waals surface area contributed by atoms with Gasteiger partial charge in [-0.25, -0.2) is 4.39 Å². The van der Waals surface area contributed by atoms with E-state index in [1.54, 1.807) is 17.0 Å². The molecule has 0 aliphatic heterocycles. The Labute approximate surface area is 92.4 Å². The summed E-state index contributed by atoms with van der Waals surface area (Å²) < 4.78 is 14.7. The fourth-order valence-corrected chi connectivity index (χ4v) is 1.53. The number of rotatable bonds is 4. The molecule has 1 aromatic carbocycles. The smallest absolute Gasteiger partial charge is 0.158 e. The number of halogens is 1. The van der Waals surface area contributed by atoms with Gasteiger partial charge in [-0.3, -0.25) is 0 Å². The Balaban J connectivity index is 2.02. The van der Waals surface area contributed by atoms with E-state index in [1.807, 2.05) is 6.07 Å². The molecule has 1 aromatic heterocycles. The minimum absolute atomic E-state index is 0.136. The van der Waals surface area contributed by atoms with Gasteiger partial charge in [-0.05, 0) is 24.1 Å². The van der Waals surface area contributed by atoms with Crippen LogP contribution in [-0.2, 0) is 19.6 Å². The Bertz CT molecular complexity index is 470. The number of aromatic nitrogens is 3. The Morgan fingerprint density at radius 1 is 1.38 bits per heavy atom. The molecule has 0 unspecified atom stereocenters. The SMILES string of the molecule is OCc1nncn1CCc1cccc(F)c1. The van der Waals surface area contributed by atoms with Crippen molar-refractivity contribution in [1.82, 2.24) is 14.8 Å². The van der Waals surface area contributed by atoms with E-state index in [0.717, 1.165) is 5.56 Å². The van der Waals surface area contributed by atoms with Crippen LogP contribution in [0.15, 0.2) is 30.6 Å². The molecule has 0 saturated carbocycles. The maximum absolute atomic E-state index is 12.9. The summed E-state index contributed by atoms with van der Waals surface area (Å²) in [7, 11) is 0. The summed E-state index contributed by atoms with van der Waals surface area (Å²) in [5, 5.41) is 16.4. The lowest BCUT2D eigenvalue weighted by atomic mass is 10.1. The first-order valence-electron chi connectivity index (χ1n) is 5.01. The average Bonchev–Trinajstić information content (AvgIpc) is 2.74. The molecule has 0 aliphatic carbocycles. The highest BCUT2D eigenvalue weighted by molar-refractivity contribution is 5.16. The summed E-state index contributed by atoms with van der Waals surface area (Å²) in [5.41, 5.74) is 0.914. The fraction of sp³-hybridized carbons (Fsp3) is 0.273. The van der Waals surface area contributed by atoms with Gasteiger partial charge in [-0.1, -0.05) is 12.1 Å². The van der Waals surface area contributed by atoms with E-state index in [-0.39, 0.29) is 12.4 Å². The quantitative estimate of drug-likeness (QED) is 0.842. The van der Waals surface area contributed by atoms with Gasteiger partial charge < -0.3 is 9.67 Å². The van der Waals surface area contributed by atoms with Gasteiger partial charge in [-0.2, -0.15) is 0 Å². The Morgan fingerprint density at radius 3 is 3.00 bits per heavy atom. The van der Waals surface area contributed by atoms with Crippen LogP contribution in [0.2, 0.25) is 0 Å². The normalized spacial score (nSPS) is 10.6. The lowest BCUT2D eigenvalue weighted by Gasteiger charge is -2.04. The van der Waals surface area contributed by atoms with E-state index in [2.05, 4.69) is 10.2 Å². The molecule has 5 heteroatoms. The average molecular weight is 221 g/mol. The lowest BCUT2D eigenvalue weighted by molar-refractivity contribution is 0.264. The molecular formula is C11H12FN3O. The molecule has 0 amide bonds. The molecule has 0 spiro atoms. The van der Waals surface area contributed by atoms with Crippen molar-refractivity contribution in [3.8, 4) is 0 Å². The summed E-state index contributed by atoms with van der Waals surface area (Å²) in [4.78, 5) is 0. The molecule has 0 bridgehead atoms. The first-order valence-corrected chi connectivity index (χ1v) is 5.01. The number of aliphatic hydroxyl groups excluding tert-OH is 1. The Kier molecular flexibility index (Phi) is 3.26. The van der Waals surface area contributed by atoms with Gasteiger partial charge in [0.1, 0.15) is 18.8 Å². The highest BCUT2D eigenvalue weighted by Gasteiger charge is 2.02. The zero-order valence-corrected chi connectivity index (χ0v) is 8.67. The second kappa shape index (κ2) is 4.85. The Morgan fingerprint density at radius 2 is 2.25 bits per heavy atom. The predicted molar refractivity (Wildman–Crippen MR) is 56.0 cm³/mol. The molecule has 0 radical (unpaired) electrons. The van der Waals surface area contributed by atoms with Gasteiger partial charge in [0, 0.05) is 6.54 Å². The molecular weight excluding hydrogens is 209 g/mol. The van der Waals surface area contributed by atoms with Crippen molar-refractivity contribution in [2.45, 2.75) is 19.6 Å². The summed E-state index contributed by atoms with van der Waals surface area (Å²) in [6.45, 7) is 0.496. The van der Waals surface area contributed by atoms with E-state index in [4.69, 9.17) is 5.11 Å². The third-order valence-electron chi connectivity index (χ3n) is 2.37. The second-order valence-corrected chi connectivity index (χ2v) is 3.48. The monoisotopic (exact) mass is 221 g/mol. The summed E-state index contributed by atoms with van der Waals surface area (Å²) in [6.07, 6.45) is 2.24. The largest absolute Gasteiger partial charge is 0.388 e. The number of aliphatic hydroxyl groups is 1.